The second-order valence-corrected chi connectivity index (χ2v) is 2.71. The van der Waals surface area contributed by atoms with Gasteiger partial charge in [-0.05, 0) is 0 Å². The lowest BCUT2D eigenvalue weighted by molar-refractivity contribution is -0.00642. The third-order valence-corrected chi connectivity index (χ3v) is 1.97. The highest BCUT2D eigenvalue weighted by atomic mass is 16.5. The van der Waals surface area contributed by atoms with Crippen molar-refractivity contribution in [2.75, 3.05) is 6.61 Å². The molecule has 0 aromatic heterocycles. The number of ether oxygens (including phenoxy) is 1. The first-order valence-electron chi connectivity index (χ1n) is 3.54. The maximum atomic E-state index is 9.31. The van der Waals surface area contributed by atoms with E-state index >= 15 is 0 Å². The van der Waals surface area contributed by atoms with Crippen molar-refractivity contribution in [1.82, 2.24) is 5.48 Å². The molecule has 1 fully saturated rings. The standard InChI is InChI=1S/C5H12BNO4/c6-5-3(7-10)4(9)2(1-8)11-5/h2-5,7-10H,1,6H2/t2-,3?,4?,5-/m1/s1. The van der Waals surface area contributed by atoms with E-state index in [-0.39, 0.29) is 12.6 Å². The molecule has 64 valence electrons. The fourth-order valence-electron chi connectivity index (χ4n) is 1.28. The van der Waals surface area contributed by atoms with Gasteiger partial charge in [-0.1, -0.05) is 0 Å². The van der Waals surface area contributed by atoms with Gasteiger partial charge in [-0.25, -0.2) is 0 Å². The first-order valence-corrected chi connectivity index (χ1v) is 3.54. The van der Waals surface area contributed by atoms with Crippen LogP contribution in [0.4, 0.5) is 0 Å². The average molecular weight is 161 g/mol. The number of rotatable bonds is 2. The molecule has 0 saturated carbocycles. The van der Waals surface area contributed by atoms with E-state index in [4.69, 9.17) is 15.1 Å². The van der Waals surface area contributed by atoms with Crippen molar-refractivity contribution >= 4 is 7.85 Å². The highest BCUT2D eigenvalue weighted by Crippen LogP contribution is 2.18. The van der Waals surface area contributed by atoms with E-state index in [1.54, 1.807) is 7.85 Å². The van der Waals surface area contributed by atoms with Gasteiger partial charge in [-0.15, -0.1) is 0 Å². The summed E-state index contributed by atoms with van der Waals surface area (Å²) in [5.74, 6) is 0. The van der Waals surface area contributed by atoms with Gasteiger partial charge in [0.2, 0.25) is 0 Å². The minimum absolute atomic E-state index is 0.232. The fourth-order valence-corrected chi connectivity index (χ4v) is 1.28. The molecule has 0 bridgehead atoms. The second-order valence-electron chi connectivity index (χ2n) is 2.71. The smallest absolute Gasteiger partial charge is 0.141 e. The van der Waals surface area contributed by atoms with E-state index in [2.05, 4.69) is 0 Å². The molecule has 5 nitrogen and oxygen atoms in total. The molecule has 0 aliphatic carbocycles. The summed E-state index contributed by atoms with van der Waals surface area (Å²) in [6.45, 7) is -0.232. The third kappa shape index (κ3) is 1.55. The van der Waals surface area contributed by atoms with Crippen molar-refractivity contribution in [2.45, 2.75) is 24.3 Å². The van der Waals surface area contributed by atoms with Gasteiger partial charge in [-0.3, -0.25) is 0 Å². The van der Waals surface area contributed by atoms with Gasteiger partial charge in [0.25, 0.3) is 0 Å². The summed E-state index contributed by atoms with van der Waals surface area (Å²) in [6.07, 6.45) is -1.44. The number of hydroxylamine groups is 1. The summed E-state index contributed by atoms with van der Waals surface area (Å²) in [5, 5.41) is 26.5. The third-order valence-electron chi connectivity index (χ3n) is 1.97. The molecule has 4 N–H and O–H groups in total. The van der Waals surface area contributed by atoms with Crippen LogP contribution in [0, 0.1) is 0 Å². The molecule has 1 rings (SSSR count). The van der Waals surface area contributed by atoms with Crippen molar-refractivity contribution in [3.63, 3.8) is 0 Å². The molecule has 0 amide bonds. The number of aliphatic hydroxyl groups is 2. The molecule has 0 spiro atoms. The van der Waals surface area contributed by atoms with Crippen LogP contribution in [-0.2, 0) is 4.74 Å². The summed E-state index contributed by atoms with van der Waals surface area (Å²) < 4.78 is 5.10. The number of hydrogen-bond acceptors (Lipinski definition) is 5. The van der Waals surface area contributed by atoms with Gasteiger partial charge >= 0.3 is 0 Å². The molecule has 1 saturated heterocycles. The van der Waals surface area contributed by atoms with Crippen LogP contribution in [0.1, 0.15) is 0 Å². The van der Waals surface area contributed by atoms with Crippen molar-refractivity contribution < 1.29 is 20.2 Å². The lowest BCUT2D eigenvalue weighted by Gasteiger charge is -2.14. The molecule has 1 aliphatic heterocycles. The maximum Gasteiger partial charge on any atom is 0.141 e. The lowest BCUT2D eigenvalue weighted by Crippen LogP contribution is -2.43. The molecule has 2 unspecified atom stereocenters. The van der Waals surface area contributed by atoms with Crippen molar-refractivity contribution in [3.05, 3.63) is 0 Å². The van der Waals surface area contributed by atoms with Crippen LogP contribution in [-0.4, -0.2) is 54.1 Å². The van der Waals surface area contributed by atoms with Crippen LogP contribution in [0.5, 0.6) is 0 Å². The maximum absolute atomic E-state index is 9.31. The molecule has 0 aromatic carbocycles. The Morgan fingerprint density at radius 2 is 2.18 bits per heavy atom. The van der Waals surface area contributed by atoms with E-state index in [0.29, 0.717) is 0 Å². The molecular formula is C5H12BNO4. The van der Waals surface area contributed by atoms with Gasteiger partial charge in [0.15, 0.2) is 0 Å². The van der Waals surface area contributed by atoms with Crippen molar-refractivity contribution in [2.24, 2.45) is 0 Å². The largest absolute Gasteiger partial charge is 0.394 e. The molecule has 6 heteroatoms. The number of nitrogens with one attached hydrogen (secondary N) is 1. The first kappa shape index (κ1) is 8.96. The first-order chi connectivity index (χ1) is 5.20. The quantitative estimate of drug-likeness (QED) is 0.257. The lowest BCUT2D eigenvalue weighted by atomic mass is 9.91. The van der Waals surface area contributed by atoms with Gasteiger partial charge in [-0.2, -0.15) is 5.48 Å². The summed E-state index contributed by atoms with van der Waals surface area (Å²) in [4.78, 5) is 0. The monoisotopic (exact) mass is 161 g/mol. The molecular weight excluding hydrogens is 149 g/mol. The number of hydrogen-bond donors (Lipinski definition) is 4. The SMILES string of the molecule is B[C@@H]1O[C@H](CO)C(O)C1NO. The molecule has 0 radical (unpaired) electrons. The van der Waals surface area contributed by atoms with Crippen LogP contribution in [0.15, 0.2) is 0 Å². The van der Waals surface area contributed by atoms with Crippen LogP contribution in [0.2, 0.25) is 0 Å². The Kier molecular flexibility index (Phi) is 2.86. The van der Waals surface area contributed by atoms with Crippen molar-refractivity contribution in [3.8, 4) is 0 Å². The Balaban J connectivity index is 2.55. The summed E-state index contributed by atoms with van der Waals surface area (Å²) in [5.41, 5.74) is 1.94. The Labute approximate surface area is 65.3 Å². The highest BCUT2D eigenvalue weighted by Gasteiger charge is 2.40. The fraction of sp³-hybridized carbons (Fsp3) is 1.00. The second kappa shape index (κ2) is 3.51. The van der Waals surface area contributed by atoms with Crippen LogP contribution in [0.25, 0.3) is 0 Å². The molecule has 1 aliphatic rings. The molecule has 11 heavy (non-hydrogen) atoms. The van der Waals surface area contributed by atoms with Gasteiger partial charge in [0.05, 0.1) is 12.6 Å². The predicted octanol–water partition coefficient (Wildman–Crippen LogP) is -2.96. The van der Waals surface area contributed by atoms with Gasteiger partial charge < -0.3 is 20.2 Å². The predicted molar refractivity (Wildman–Crippen MR) is 39.0 cm³/mol. The van der Waals surface area contributed by atoms with E-state index in [1.807, 2.05) is 5.48 Å². The van der Waals surface area contributed by atoms with E-state index in [9.17, 15) is 5.11 Å². The Hall–Kier alpha value is -0.135. The van der Waals surface area contributed by atoms with Crippen LogP contribution in [0.3, 0.4) is 0 Å². The number of aliphatic hydroxyl groups excluding tert-OH is 2. The highest BCUT2D eigenvalue weighted by molar-refractivity contribution is 6.11. The molecule has 4 atom stereocenters. The topological polar surface area (TPSA) is 82.0 Å². The van der Waals surface area contributed by atoms with E-state index < -0.39 is 18.2 Å². The minimum atomic E-state index is -0.847. The zero-order valence-corrected chi connectivity index (χ0v) is 6.27. The van der Waals surface area contributed by atoms with Crippen LogP contribution < -0.4 is 5.48 Å². The van der Waals surface area contributed by atoms with E-state index in [0.717, 1.165) is 0 Å². The summed E-state index contributed by atoms with van der Waals surface area (Å²) >= 11 is 0. The molecule has 0 aromatic rings. The Bertz CT molecular complexity index is 136. The zero-order chi connectivity index (χ0) is 8.43. The summed E-state index contributed by atoms with van der Waals surface area (Å²) in [6, 6.07) is -0.792. The normalized spacial score (nSPS) is 44.6. The Morgan fingerprint density at radius 3 is 2.45 bits per heavy atom. The Morgan fingerprint density at radius 1 is 1.55 bits per heavy atom. The zero-order valence-electron chi connectivity index (χ0n) is 6.27. The molecule has 1 heterocycles. The van der Waals surface area contributed by atoms with Crippen LogP contribution >= 0.6 is 0 Å². The van der Waals surface area contributed by atoms with Gasteiger partial charge in [0, 0.05) is 6.00 Å². The minimum Gasteiger partial charge on any atom is -0.394 e. The average Bonchev–Trinajstić information content (AvgIpc) is 2.26. The van der Waals surface area contributed by atoms with Gasteiger partial charge in [0.1, 0.15) is 20.1 Å². The van der Waals surface area contributed by atoms with E-state index in [1.165, 1.54) is 0 Å². The summed E-state index contributed by atoms with van der Waals surface area (Å²) in [7, 11) is 1.72. The van der Waals surface area contributed by atoms with Crippen molar-refractivity contribution in [1.29, 1.82) is 0 Å².